The van der Waals surface area contributed by atoms with Crippen molar-refractivity contribution >= 4 is 11.6 Å². The third-order valence-corrected chi connectivity index (χ3v) is 3.83. The summed E-state index contributed by atoms with van der Waals surface area (Å²) in [7, 11) is 0. The van der Waals surface area contributed by atoms with Crippen LogP contribution in [0.5, 0.6) is 0 Å². The van der Waals surface area contributed by atoms with Crippen LogP contribution in [0.15, 0.2) is 42.5 Å². The molecule has 0 fully saturated rings. The van der Waals surface area contributed by atoms with Gasteiger partial charge in [0.25, 0.3) is 11.6 Å². The van der Waals surface area contributed by atoms with E-state index in [-0.39, 0.29) is 17.9 Å². The van der Waals surface area contributed by atoms with E-state index in [9.17, 15) is 20.0 Å². The Balaban J connectivity index is 2.18. The van der Waals surface area contributed by atoms with E-state index in [4.69, 9.17) is 0 Å². The van der Waals surface area contributed by atoms with Crippen LogP contribution in [0.1, 0.15) is 27.0 Å². The van der Waals surface area contributed by atoms with E-state index >= 15 is 0 Å². The molecule has 0 bridgehead atoms. The Morgan fingerprint density at radius 1 is 1.21 bits per heavy atom. The number of nitrogens with zero attached hydrogens (tertiary/aromatic N) is 1. The van der Waals surface area contributed by atoms with Crippen molar-refractivity contribution in [3.8, 4) is 0 Å². The molecule has 0 saturated carbocycles. The maximum Gasteiger partial charge on any atom is 0.282 e. The van der Waals surface area contributed by atoms with Gasteiger partial charge in [-0.3, -0.25) is 14.9 Å². The summed E-state index contributed by atoms with van der Waals surface area (Å²) in [6.07, 6.45) is 0.447. The van der Waals surface area contributed by atoms with Crippen LogP contribution in [0.25, 0.3) is 0 Å². The van der Waals surface area contributed by atoms with Crippen LogP contribution in [-0.2, 0) is 6.42 Å². The highest BCUT2D eigenvalue weighted by Crippen LogP contribution is 2.22. The number of carbonyl (C=O) groups excluding carboxylic acids is 1. The maximum atomic E-state index is 12.5. The molecule has 1 atom stereocenters. The van der Waals surface area contributed by atoms with E-state index in [1.165, 1.54) is 6.07 Å². The molecule has 0 aliphatic carbocycles. The largest absolute Gasteiger partial charge is 0.394 e. The van der Waals surface area contributed by atoms with Gasteiger partial charge in [0, 0.05) is 6.07 Å². The zero-order valence-corrected chi connectivity index (χ0v) is 13.7. The number of hydrogen-bond donors (Lipinski definition) is 2. The Bertz CT molecular complexity index is 741. The minimum absolute atomic E-state index is 0.0323. The molecule has 0 aliphatic heterocycles. The number of aryl methyl sites for hydroxylation is 2. The molecule has 0 saturated heterocycles. The first kappa shape index (κ1) is 17.6. The molecular formula is C18H20N2O4. The van der Waals surface area contributed by atoms with E-state index in [0.717, 1.165) is 11.1 Å². The van der Waals surface area contributed by atoms with Gasteiger partial charge in [-0.25, -0.2) is 0 Å². The number of benzene rings is 2. The van der Waals surface area contributed by atoms with Gasteiger partial charge in [0.05, 0.1) is 17.6 Å². The molecule has 2 aromatic carbocycles. The van der Waals surface area contributed by atoms with Gasteiger partial charge in [0.1, 0.15) is 5.56 Å². The van der Waals surface area contributed by atoms with Gasteiger partial charge in [-0.05, 0) is 31.4 Å². The second-order valence-electron chi connectivity index (χ2n) is 5.77. The summed E-state index contributed by atoms with van der Waals surface area (Å²) in [5, 5.41) is 23.4. The lowest BCUT2D eigenvalue weighted by molar-refractivity contribution is -0.385. The molecule has 0 spiro atoms. The molecule has 126 valence electrons. The molecule has 1 unspecified atom stereocenters. The van der Waals surface area contributed by atoms with Gasteiger partial charge in [-0.1, -0.05) is 42.0 Å². The molecule has 1 amide bonds. The third kappa shape index (κ3) is 4.17. The third-order valence-electron chi connectivity index (χ3n) is 3.83. The molecule has 6 heteroatoms. The smallest absolute Gasteiger partial charge is 0.282 e. The lowest BCUT2D eigenvalue weighted by Gasteiger charge is -2.17. The first-order valence-electron chi connectivity index (χ1n) is 7.63. The van der Waals surface area contributed by atoms with Gasteiger partial charge < -0.3 is 10.4 Å². The van der Waals surface area contributed by atoms with Crippen molar-refractivity contribution in [1.29, 1.82) is 0 Å². The van der Waals surface area contributed by atoms with Crippen LogP contribution >= 0.6 is 0 Å². The van der Waals surface area contributed by atoms with E-state index in [0.29, 0.717) is 12.0 Å². The summed E-state index contributed by atoms with van der Waals surface area (Å²) in [5.74, 6) is -0.550. The summed E-state index contributed by atoms with van der Waals surface area (Å²) < 4.78 is 0. The van der Waals surface area contributed by atoms with Crippen molar-refractivity contribution in [2.75, 3.05) is 6.61 Å². The predicted octanol–water partition coefficient (Wildman–Crippen LogP) is 2.55. The number of aliphatic hydroxyl groups excluding tert-OH is 1. The Kier molecular flexibility index (Phi) is 5.65. The molecule has 2 rings (SSSR count). The Hall–Kier alpha value is -2.73. The zero-order valence-electron chi connectivity index (χ0n) is 13.7. The zero-order chi connectivity index (χ0) is 17.7. The molecule has 0 aromatic heterocycles. The van der Waals surface area contributed by atoms with Gasteiger partial charge in [-0.2, -0.15) is 0 Å². The van der Waals surface area contributed by atoms with Crippen LogP contribution < -0.4 is 5.32 Å². The first-order valence-corrected chi connectivity index (χ1v) is 7.63. The summed E-state index contributed by atoms with van der Waals surface area (Å²) in [4.78, 5) is 23.0. The molecule has 0 radical (unpaired) electrons. The molecule has 6 nitrogen and oxygen atoms in total. The van der Waals surface area contributed by atoms with Gasteiger partial charge in [-0.15, -0.1) is 0 Å². The Labute approximate surface area is 140 Å². The topological polar surface area (TPSA) is 92.5 Å². The van der Waals surface area contributed by atoms with Crippen molar-refractivity contribution in [3.05, 3.63) is 74.8 Å². The maximum absolute atomic E-state index is 12.5. The number of nitrogens with one attached hydrogen (secondary N) is 1. The van der Waals surface area contributed by atoms with E-state index in [2.05, 4.69) is 5.32 Å². The Morgan fingerprint density at radius 2 is 1.88 bits per heavy atom. The van der Waals surface area contributed by atoms with Crippen LogP contribution in [0.3, 0.4) is 0 Å². The van der Waals surface area contributed by atoms with E-state index < -0.39 is 16.9 Å². The molecule has 0 heterocycles. The summed E-state index contributed by atoms with van der Waals surface area (Å²) in [5.41, 5.74) is 2.41. The van der Waals surface area contributed by atoms with Crippen molar-refractivity contribution in [2.24, 2.45) is 0 Å². The average molecular weight is 328 g/mol. The highest BCUT2D eigenvalue weighted by molar-refractivity contribution is 5.99. The number of amides is 1. The lowest BCUT2D eigenvalue weighted by atomic mass is 10.0. The van der Waals surface area contributed by atoms with Gasteiger partial charge in [0.2, 0.25) is 0 Å². The number of hydrogen-bond acceptors (Lipinski definition) is 4. The number of nitro benzene ring substituents is 1. The fourth-order valence-corrected chi connectivity index (χ4v) is 2.53. The highest BCUT2D eigenvalue weighted by Gasteiger charge is 2.24. The normalized spacial score (nSPS) is 11.8. The Morgan fingerprint density at radius 3 is 2.46 bits per heavy atom. The summed E-state index contributed by atoms with van der Waals surface area (Å²) in [6.45, 7) is 3.38. The molecular weight excluding hydrogens is 308 g/mol. The van der Waals surface area contributed by atoms with Gasteiger partial charge in [0.15, 0.2) is 0 Å². The van der Waals surface area contributed by atoms with Crippen LogP contribution in [-0.4, -0.2) is 28.6 Å². The standard InChI is InChI=1S/C18H20N2O4/c1-12-6-8-14(9-7-12)10-15(11-21)19-18(22)17-13(2)4-3-5-16(17)20(23)24/h3-9,15,21H,10-11H2,1-2H3,(H,19,22). The highest BCUT2D eigenvalue weighted by atomic mass is 16.6. The first-order chi connectivity index (χ1) is 11.4. The van der Waals surface area contributed by atoms with Crippen molar-refractivity contribution in [1.82, 2.24) is 5.32 Å². The minimum Gasteiger partial charge on any atom is -0.394 e. The predicted molar refractivity (Wildman–Crippen MR) is 91.1 cm³/mol. The van der Waals surface area contributed by atoms with Crippen LogP contribution in [0.4, 0.5) is 5.69 Å². The molecule has 24 heavy (non-hydrogen) atoms. The van der Waals surface area contributed by atoms with Crippen molar-refractivity contribution < 1.29 is 14.8 Å². The van der Waals surface area contributed by atoms with E-state index in [1.807, 2.05) is 31.2 Å². The lowest BCUT2D eigenvalue weighted by Crippen LogP contribution is -2.39. The molecule has 0 aliphatic rings. The van der Waals surface area contributed by atoms with E-state index in [1.54, 1.807) is 19.1 Å². The second-order valence-corrected chi connectivity index (χ2v) is 5.77. The summed E-state index contributed by atoms with van der Waals surface area (Å²) >= 11 is 0. The number of nitro groups is 1. The quantitative estimate of drug-likeness (QED) is 0.629. The minimum atomic E-state index is -0.574. The average Bonchev–Trinajstić information content (AvgIpc) is 2.55. The van der Waals surface area contributed by atoms with Crippen LogP contribution in [0.2, 0.25) is 0 Å². The fourth-order valence-electron chi connectivity index (χ4n) is 2.53. The SMILES string of the molecule is Cc1ccc(CC(CO)NC(=O)c2c(C)cccc2[N+](=O)[O-])cc1. The molecule has 2 aromatic rings. The number of carbonyl (C=O) groups is 1. The van der Waals surface area contributed by atoms with Crippen molar-refractivity contribution in [2.45, 2.75) is 26.3 Å². The van der Waals surface area contributed by atoms with Crippen molar-refractivity contribution in [3.63, 3.8) is 0 Å². The second kappa shape index (κ2) is 7.70. The van der Waals surface area contributed by atoms with Gasteiger partial charge >= 0.3 is 0 Å². The van der Waals surface area contributed by atoms with Crippen LogP contribution in [0, 0.1) is 24.0 Å². The number of rotatable bonds is 6. The fraction of sp³-hybridized carbons (Fsp3) is 0.278. The monoisotopic (exact) mass is 328 g/mol. The summed E-state index contributed by atoms with van der Waals surface area (Å²) in [6, 6.07) is 11.8. The number of aliphatic hydroxyl groups is 1. The molecule has 2 N–H and O–H groups in total.